The van der Waals surface area contributed by atoms with Gasteiger partial charge in [0.25, 0.3) is 5.91 Å². The topological polar surface area (TPSA) is 59.2 Å². The highest BCUT2D eigenvalue weighted by Gasteiger charge is 2.20. The SMILES string of the molecule is CC(C(N)=S)N(C)C(=O)c1ccnc2ccccc12. The molecule has 0 aliphatic heterocycles. The third-order valence-corrected chi connectivity index (χ3v) is 3.53. The first kappa shape index (κ1) is 13.4. The first-order chi connectivity index (χ1) is 9.02. The number of hydrogen-bond donors (Lipinski definition) is 1. The third-order valence-electron chi connectivity index (χ3n) is 3.19. The molecule has 5 heteroatoms. The number of fused-ring (bicyclic) bond motifs is 1. The lowest BCUT2D eigenvalue weighted by atomic mass is 10.1. The predicted octanol–water partition coefficient (Wildman–Crippen LogP) is 1.98. The van der Waals surface area contributed by atoms with Gasteiger partial charge in [0.15, 0.2) is 0 Å². The number of nitrogens with two attached hydrogens (primary N) is 1. The number of hydrogen-bond acceptors (Lipinski definition) is 3. The molecule has 1 aromatic carbocycles. The summed E-state index contributed by atoms with van der Waals surface area (Å²) in [5.41, 5.74) is 6.99. The van der Waals surface area contributed by atoms with E-state index in [0.717, 1.165) is 10.9 Å². The molecular weight excluding hydrogens is 258 g/mol. The van der Waals surface area contributed by atoms with Crippen LogP contribution in [0.2, 0.25) is 0 Å². The molecule has 0 fully saturated rings. The lowest BCUT2D eigenvalue weighted by Gasteiger charge is -2.24. The quantitative estimate of drug-likeness (QED) is 0.869. The van der Waals surface area contributed by atoms with Crippen LogP contribution in [0.3, 0.4) is 0 Å². The highest BCUT2D eigenvalue weighted by molar-refractivity contribution is 7.80. The van der Waals surface area contributed by atoms with E-state index in [4.69, 9.17) is 18.0 Å². The molecule has 1 aromatic heterocycles. The number of amides is 1. The molecule has 2 N–H and O–H groups in total. The highest BCUT2D eigenvalue weighted by atomic mass is 32.1. The standard InChI is InChI=1S/C14H15N3OS/c1-9(13(15)19)17(2)14(18)11-7-8-16-12-6-4-3-5-10(11)12/h3-9H,1-2H3,(H2,15,19). The zero-order valence-electron chi connectivity index (χ0n) is 10.8. The summed E-state index contributed by atoms with van der Waals surface area (Å²) in [6.45, 7) is 1.81. The van der Waals surface area contributed by atoms with E-state index in [1.807, 2.05) is 31.2 Å². The number of carbonyl (C=O) groups is 1. The second-order valence-corrected chi connectivity index (χ2v) is 4.84. The minimum Gasteiger partial charge on any atom is -0.392 e. The fraction of sp³-hybridized carbons (Fsp3) is 0.214. The van der Waals surface area contributed by atoms with Crippen LogP contribution >= 0.6 is 12.2 Å². The van der Waals surface area contributed by atoms with Crippen LogP contribution in [0, 0.1) is 0 Å². The van der Waals surface area contributed by atoms with E-state index in [1.165, 1.54) is 0 Å². The fourth-order valence-electron chi connectivity index (χ4n) is 1.84. The van der Waals surface area contributed by atoms with E-state index in [-0.39, 0.29) is 11.9 Å². The Bertz CT molecular complexity index is 636. The molecule has 2 rings (SSSR count). The lowest BCUT2D eigenvalue weighted by molar-refractivity contribution is 0.0781. The average molecular weight is 273 g/mol. The van der Waals surface area contributed by atoms with Gasteiger partial charge in [-0.3, -0.25) is 9.78 Å². The molecule has 0 saturated heterocycles. The monoisotopic (exact) mass is 273 g/mol. The molecule has 0 aliphatic carbocycles. The summed E-state index contributed by atoms with van der Waals surface area (Å²) >= 11 is 4.93. The molecule has 1 unspecified atom stereocenters. The van der Waals surface area contributed by atoms with Gasteiger partial charge in [-0.15, -0.1) is 0 Å². The summed E-state index contributed by atoms with van der Waals surface area (Å²) in [6, 6.07) is 8.98. The Morgan fingerprint density at radius 2 is 2.05 bits per heavy atom. The molecule has 0 radical (unpaired) electrons. The molecule has 0 saturated carbocycles. The molecule has 1 atom stereocenters. The van der Waals surface area contributed by atoms with Crippen LogP contribution in [-0.2, 0) is 0 Å². The van der Waals surface area contributed by atoms with E-state index >= 15 is 0 Å². The van der Waals surface area contributed by atoms with Crippen LogP contribution in [0.4, 0.5) is 0 Å². The zero-order chi connectivity index (χ0) is 14.0. The number of thiocarbonyl (C=S) groups is 1. The summed E-state index contributed by atoms with van der Waals surface area (Å²) in [4.78, 5) is 18.6. The molecule has 4 nitrogen and oxygen atoms in total. The molecule has 0 aliphatic rings. The van der Waals surface area contributed by atoms with Gasteiger partial charge in [-0.1, -0.05) is 30.4 Å². The number of pyridine rings is 1. The number of carbonyl (C=O) groups excluding carboxylic acids is 1. The van der Waals surface area contributed by atoms with Gasteiger partial charge in [-0.2, -0.15) is 0 Å². The van der Waals surface area contributed by atoms with Crippen LogP contribution in [0.5, 0.6) is 0 Å². The van der Waals surface area contributed by atoms with Crippen molar-refractivity contribution in [3.05, 3.63) is 42.1 Å². The minimum atomic E-state index is -0.283. The Morgan fingerprint density at radius 1 is 1.37 bits per heavy atom. The van der Waals surface area contributed by atoms with Crippen molar-refractivity contribution >= 4 is 34.0 Å². The Balaban J connectivity index is 2.44. The van der Waals surface area contributed by atoms with Gasteiger partial charge in [0.1, 0.15) is 0 Å². The maximum Gasteiger partial charge on any atom is 0.254 e. The maximum absolute atomic E-state index is 12.5. The van der Waals surface area contributed by atoms with Crippen molar-refractivity contribution in [2.24, 2.45) is 5.73 Å². The minimum absolute atomic E-state index is 0.112. The van der Waals surface area contributed by atoms with Crippen molar-refractivity contribution < 1.29 is 4.79 Å². The molecular formula is C14H15N3OS. The van der Waals surface area contributed by atoms with E-state index < -0.39 is 0 Å². The summed E-state index contributed by atoms with van der Waals surface area (Å²) in [5, 5.41) is 0.831. The summed E-state index contributed by atoms with van der Waals surface area (Å²) in [5.74, 6) is -0.112. The zero-order valence-corrected chi connectivity index (χ0v) is 11.6. The third kappa shape index (κ3) is 2.56. The molecule has 0 bridgehead atoms. The van der Waals surface area contributed by atoms with E-state index in [1.54, 1.807) is 24.2 Å². The summed E-state index contributed by atoms with van der Waals surface area (Å²) in [7, 11) is 1.70. The van der Waals surface area contributed by atoms with Crippen LogP contribution < -0.4 is 5.73 Å². The van der Waals surface area contributed by atoms with E-state index in [2.05, 4.69) is 4.98 Å². The number of aromatic nitrogens is 1. The second kappa shape index (κ2) is 5.32. The van der Waals surface area contributed by atoms with Gasteiger partial charge >= 0.3 is 0 Å². The largest absolute Gasteiger partial charge is 0.392 e. The molecule has 1 heterocycles. The highest BCUT2D eigenvalue weighted by Crippen LogP contribution is 2.18. The molecule has 0 spiro atoms. The van der Waals surface area contributed by atoms with E-state index in [9.17, 15) is 4.79 Å². The van der Waals surface area contributed by atoms with Crippen molar-refractivity contribution in [2.45, 2.75) is 13.0 Å². The molecule has 19 heavy (non-hydrogen) atoms. The van der Waals surface area contributed by atoms with Gasteiger partial charge in [-0.05, 0) is 19.1 Å². The van der Waals surface area contributed by atoms with Crippen LogP contribution in [0.25, 0.3) is 10.9 Å². The van der Waals surface area contributed by atoms with Gasteiger partial charge in [0, 0.05) is 18.6 Å². The Hall–Kier alpha value is -2.01. The molecule has 1 amide bonds. The Morgan fingerprint density at radius 3 is 2.74 bits per heavy atom. The van der Waals surface area contributed by atoms with Crippen molar-refractivity contribution in [2.75, 3.05) is 7.05 Å². The van der Waals surface area contributed by atoms with Gasteiger partial charge < -0.3 is 10.6 Å². The van der Waals surface area contributed by atoms with Gasteiger partial charge in [0.05, 0.1) is 22.1 Å². The number of benzene rings is 1. The number of para-hydroxylation sites is 1. The number of rotatable bonds is 3. The van der Waals surface area contributed by atoms with Gasteiger partial charge in [0.2, 0.25) is 0 Å². The second-order valence-electron chi connectivity index (χ2n) is 4.37. The summed E-state index contributed by atoms with van der Waals surface area (Å²) < 4.78 is 0. The first-order valence-corrected chi connectivity index (χ1v) is 6.33. The number of nitrogens with zero attached hydrogens (tertiary/aromatic N) is 2. The lowest BCUT2D eigenvalue weighted by Crippen LogP contribution is -2.42. The molecule has 98 valence electrons. The van der Waals surface area contributed by atoms with Crippen molar-refractivity contribution in [3.63, 3.8) is 0 Å². The van der Waals surface area contributed by atoms with Crippen molar-refractivity contribution in [1.29, 1.82) is 0 Å². The molecule has 2 aromatic rings. The normalized spacial score (nSPS) is 12.1. The number of likely N-dealkylation sites (N-methyl/N-ethyl adjacent to an activating group) is 1. The predicted molar refractivity (Wildman–Crippen MR) is 80.1 cm³/mol. The van der Waals surface area contributed by atoms with Crippen LogP contribution in [0.1, 0.15) is 17.3 Å². The average Bonchev–Trinajstić information content (AvgIpc) is 2.44. The van der Waals surface area contributed by atoms with Crippen molar-refractivity contribution in [3.8, 4) is 0 Å². The Labute approximate surface area is 117 Å². The van der Waals surface area contributed by atoms with Crippen molar-refractivity contribution in [1.82, 2.24) is 9.88 Å². The van der Waals surface area contributed by atoms with Gasteiger partial charge in [-0.25, -0.2) is 0 Å². The fourth-order valence-corrected chi connectivity index (χ4v) is 2.00. The summed E-state index contributed by atoms with van der Waals surface area (Å²) in [6.07, 6.45) is 1.63. The van der Waals surface area contributed by atoms with E-state index in [0.29, 0.717) is 10.6 Å². The van der Waals surface area contributed by atoms with Crippen LogP contribution in [0.15, 0.2) is 36.5 Å². The van der Waals surface area contributed by atoms with Crippen LogP contribution in [-0.4, -0.2) is 33.9 Å². The smallest absolute Gasteiger partial charge is 0.254 e. The Kier molecular flexibility index (Phi) is 3.76. The first-order valence-electron chi connectivity index (χ1n) is 5.92. The maximum atomic E-state index is 12.5.